The fourth-order valence-electron chi connectivity index (χ4n) is 7.48. The average molecular weight is 576 g/mol. The SMILES string of the molecule is CC[C@@H]1C(=O)N(C)c2cnc(Nc3ccc(C(=O)NCC4CN5CCC[C@@H]5CO4)c4c3OCC4)nc2N1C1CCCC1. The van der Waals surface area contributed by atoms with E-state index in [9.17, 15) is 9.59 Å². The van der Waals surface area contributed by atoms with Gasteiger partial charge in [0, 0.05) is 49.8 Å². The van der Waals surface area contributed by atoms with Crippen molar-refractivity contribution in [1.82, 2.24) is 20.2 Å². The number of hydrogen-bond acceptors (Lipinski definition) is 9. The van der Waals surface area contributed by atoms with E-state index in [0.717, 1.165) is 61.7 Å². The molecule has 42 heavy (non-hydrogen) atoms. The van der Waals surface area contributed by atoms with Gasteiger partial charge in [0.2, 0.25) is 11.9 Å². The number of morpholine rings is 1. The molecule has 2 aromatic rings. The first-order chi connectivity index (χ1) is 20.5. The second kappa shape index (κ2) is 11.3. The highest BCUT2D eigenvalue weighted by Crippen LogP contribution is 2.41. The predicted molar refractivity (Wildman–Crippen MR) is 160 cm³/mol. The second-order valence-electron chi connectivity index (χ2n) is 12.2. The molecule has 5 heterocycles. The largest absolute Gasteiger partial charge is 0.491 e. The summed E-state index contributed by atoms with van der Waals surface area (Å²) in [6.45, 7) is 5.82. The second-order valence-corrected chi connectivity index (χ2v) is 12.2. The summed E-state index contributed by atoms with van der Waals surface area (Å²) in [7, 11) is 1.81. The zero-order valence-corrected chi connectivity index (χ0v) is 24.6. The fourth-order valence-corrected chi connectivity index (χ4v) is 7.48. The van der Waals surface area contributed by atoms with Gasteiger partial charge in [0.1, 0.15) is 17.5 Å². The Labute approximate surface area is 246 Å². The molecule has 224 valence electrons. The highest BCUT2D eigenvalue weighted by Gasteiger charge is 2.41. The zero-order valence-electron chi connectivity index (χ0n) is 24.6. The van der Waals surface area contributed by atoms with Gasteiger partial charge in [0.25, 0.3) is 5.91 Å². The smallest absolute Gasteiger partial charge is 0.251 e. The van der Waals surface area contributed by atoms with Crippen LogP contribution >= 0.6 is 0 Å². The minimum absolute atomic E-state index is 0.0140. The van der Waals surface area contributed by atoms with Crippen LogP contribution in [0.3, 0.4) is 0 Å². The number of nitrogens with zero attached hydrogens (tertiary/aromatic N) is 5. The van der Waals surface area contributed by atoms with E-state index in [1.54, 1.807) is 18.1 Å². The van der Waals surface area contributed by atoms with Crippen molar-refractivity contribution in [2.24, 2.45) is 0 Å². The summed E-state index contributed by atoms with van der Waals surface area (Å²) in [5.74, 6) is 1.90. The molecule has 0 bridgehead atoms. The van der Waals surface area contributed by atoms with Gasteiger partial charge >= 0.3 is 0 Å². The van der Waals surface area contributed by atoms with E-state index in [1.165, 1.54) is 25.7 Å². The number of carbonyl (C=O) groups is 2. The van der Waals surface area contributed by atoms with Crippen LogP contribution in [0, 0.1) is 0 Å². The van der Waals surface area contributed by atoms with Crippen LogP contribution in [-0.2, 0) is 16.0 Å². The number of nitrogens with one attached hydrogen (secondary N) is 2. The summed E-state index contributed by atoms with van der Waals surface area (Å²) in [5, 5.41) is 6.46. The maximum absolute atomic E-state index is 13.3. The lowest BCUT2D eigenvalue weighted by Crippen LogP contribution is -2.55. The zero-order chi connectivity index (χ0) is 28.8. The van der Waals surface area contributed by atoms with Crippen LogP contribution in [-0.4, -0.2) is 90.8 Å². The quantitative estimate of drug-likeness (QED) is 0.514. The van der Waals surface area contributed by atoms with Crippen molar-refractivity contribution in [3.63, 3.8) is 0 Å². The van der Waals surface area contributed by atoms with E-state index >= 15 is 0 Å². The first kappa shape index (κ1) is 27.4. The third kappa shape index (κ3) is 4.86. The van der Waals surface area contributed by atoms with Gasteiger partial charge in [0.15, 0.2) is 5.82 Å². The third-order valence-corrected chi connectivity index (χ3v) is 9.71. The van der Waals surface area contributed by atoms with E-state index in [1.807, 2.05) is 12.1 Å². The molecule has 2 N–H and O–H groups in total. The van der Waals surface area contributed by atoms with Crippen LogP contribution in [0.15, 0.2) is 18.3 Å². The van der Waals surface area contributed by atoms with Crippen molar-refractivity contribution in [3.05, 3.63) is 29.5 Å². The summed E-state index contributed by atoms with van der Waals surface area (Å²) in [5.41, 5.74) is 2.99. The predicted octanol–water partition coefficient (Wildman–Crippen LogP) is 3.25. The highest BCUT2D eigenvalue weighted by atomic mass is 16.5. The van der Waals surface area contributed by atoms with E-state index in [-0.39, 0.29) is 24.0 Å². The van der Waals surface area contributed by atoms with Crippen molar-refractivity contribution in [2.75, 3.05) is 55.0 Å². The molecule has 11 nitrogen and oxygen atoms in total. The molecule has 1 aromatic heterocycles. The Bertz CT molecular complexity index is 1360. The molecule has 1 aliphatic carbocycles. The lowest BCUT2D eigenvalue weighted by Gasteiger charge is -2.43. The molecule has 0 radical (unpaired) electrons. The van der Waals surface area contributed by atoms with Crippen molar-refractivity contribution >= 4 is 35.0 Å². The van der Waals surface area contributed by atoms with E-state index in [4.69, 9.17) is 14.5 Å². The number of benzene rings is 1. The Kier molecular flexibility index (Phi) is 7.39. The molecule has 4 aliphatic heterocycles. The molecule has 2 amide bonds. The van der Waals surface area contributed by atoms with Gasteiger partial charge in [0.05, 0.1) is 31.2 Å². The minimum atomic E-state index is -0.227. The molecule has 1 unspecified atom stereocenters. The number of carbonyl (C=O) groups excluding carboxylic acids is 2. The number of hydrogen-bond donors (Lipinski definition) is 2. The van der Waals surface area contributed by atoms with E-state index < -0.39 is 0 Å². The molecule has 7 rings (SSSR count). The van der Waals surface area contributed by atoms with Crippen LogP contribution in [0.25, 0.3) is 0 Å². The first-order valence-electron chi connectivity index (χ1n) is 15.6. The third-order valence-electron chi connectivity index (χ3n) is 9.71. The Hall–Kier alpha value is -3.44. The summed E-state index contributed by atoms with van der Waals surface area (Å²) in [6, 6.07) is 4.34. The minimum Gasteiger partial charge on any atom is -0.491 e. The Morgan fingerprint density at radius 1 is 1.14 bits per heavy atom. The monoisotopic (exact) mass is 575 g/mol. The topological polar surface area (TPSA) is 112 Å². The van der Waals surface area contributed by atoms with Crippen molar-refractivity contribution < 1.29 is 19.1 Å². The standard InChI is InChI=1S/C31H41N7O4/c1-3-25-30(40)36(2)26-16-33-31(35-28(26)38(25)19-7-4-5-8-19)34-24-11-10-23(22-12-14-41-27(22)24)29(39)32-15-21-17-37-13-6-9-20(37)18-42-21/h10-11,16,19-21,25H,3-9,12-15,17-18H2,1-2H3,(H,32,39)(H,33,34,35)/t20-,21?,25-/m1/s1. The summed E-state index contributed by atoms with van der Waals surface area (Å²) >= 11 is 0. The maximum atomic E-state index is 13.3. The molecule has 1 saturated carbocycles. The molecule has 5 aliphatic rings. The number of fused-ring (bicyclic) bond motifs is 3. The molecular formula is C31H41N7O4. The Morgan fingerprint density at radius 3 is 2.81 bits per heavy atom. The molecular weight excluding hydrogens is 534 g/mol. The number of aromatic nitrogens is 2. The van der Waals surface area contributed by atoms with Gasteiger partial charge in [-0.3, -0.25) is 14.5 Å². The normalized spacial score (nSPS) is 25.7. The van der Waals surface area contributed by atoms with Crippen LogP contribution < -0.4 is 25.2 Å². The molecule has 3 atom stereocenters. The molecule has 3 fully saturated rings. The molecule has 1 aromatic carbocycles. The molecule has 11 heteroatoms. The number of amides is 2. The maximum Gasteiger partial charge on any atom is 0.251 e. The number of rotatable bonds is 7. The number of ether oxygens (including phenoxy) is 2. The summed E-state index contributed by atoms with van der Waals surface area (Å²) < 4.78 is 12.1. The van der Waals surface area contributed by atoms with E-state index in [0.29, 0.717) is 48.9 Å². The van der Waals surface area contributed by atoms with Gasteiger partial charge < -0.3 is 29.9 Å². The summed E-state index contributed by atoms with van der Waals surface area (Å²) in [6.07, 6.45) is 10.0. The van der Waals surface area contributed by atoms with Crippen molar-refractivity contribution in [1.29, 1.82) is 0 Å². The van der Waals surface area contributed by atoms with E-state index in [2.05, 4.69) is 32.3 Å². The molecule has 0 spiro atoms. The lowest BCUT2D eigenvalue weighted by atomic mass is 10.0. The van der Waals surface area contributed by atoms with Gasteiger partial charge in [-0.2, -0.15) is 4.98 Å². The highest BCUT2D eigenvalue weighted by molar-refractivity contribution is 6.04. The van der Waals surface area contributed by atoms with Gasteiger partial charge in [-0.1, -0.05) is 19.8 Å². The first-order valence-corrected chi connectivity index (χ1v) is 15.6. The fraction of sp³-hybridized carbons (Fsp3) is 0.613. The van der Waals surface area contributed by atoms with Gasteiger partial charge in [-0.15, -0.1) is 0 Å². The van der Waals surface area contributed by atoms with Crippen LogP contribution in [0.4, 0.5) is 23.1 Å². The number of anilines is 4. The van der Waals surface area contributed by atoms with Crippen LogP contribution in [0.5, 0.6) is 5.75 Å². The Balaban J connectivity index is 1.10. The Morgan fingerprint density at radius 2 is 1.98 bits per heavy atom. The summed E-state index contributed by atoms with van der Waals surface area (Å²) in [4.78, 5) is 42.4. The lowest BCUT2D eigenvalue weighted by molar-refractivity contribution is -0.120. The van der Waals surface area contributed by atoms with Crippen molar-refractivity contribution in [2.45, 2.75) is 82.5 Å². The average Bonchev–Trinajstić information content (AvgIpc) is 3.80. The molecule has 2 saturated heterocycles. The number of likely N-dealkylation sites (N-methyl/N-ethyl adjacent to an activating group) is 1. The van der Waals surface area contributed by atoms with Crippen LogP contribution in [0.1, 0.15) is 67.8 Å². The van der Waals surface area contributed by atoms with Gasteiger partial charge in [-0.05, 0) is 50.8 Å². The van der Waals surface area contributed by atoms with Crippen molar-refractivity contribution in [3.8, 4) is 5.75 Å². The van der Waals surface area contributed by atoms with Gasteiger partial charge in [-0.25, -0.2) is 4.98 Å². The van der Waals surface area contributed by atoms with Crippen LogP contribution in [0.2, 0.25) is 0 Å².